The lowest BCUT2D eigenvalue weighted by molar-refractivity contribution is 0.444. The van der Waals surface area contributed by atoms with Crippen molar-refractivity contribution in [3.05, 3.63) is 40.7 Å². The van der Waals surface area contributed by atoms with Crippen LogP contribution in [0.1, 0.15) is 37.6 Å². The molecule has 1 aromatic carbocycles. The van der Waals surface area contributed by atoms with Crippen LogP contribution in [0.5, 0.6) is 0 Å². The van der Waals surface area contributed by atoms with Crippen LogP contribution in [0.25, 0.3) is 11.3 Å². The van der Waals surface area contributed by atoms with Crippen molar-refractivity contribution in [2.75, 3.05) is 0 Å². The number of nitrogens with one attached hydrogen (secondary N) is 1. The number of benzene rings is 1. The van der Waals surface area contributed by atoms with E-state index in [0.29, 0.717) is 6.04 Å². The van der Waals surface area contributed by atoms with Gasteiger partial charge in [0.1, 0.15) is 5.01 Å². The third-order valence-corrected chi connectivity index (χ3v) is 4.82. The molecule has 1 aliphatic carbocycles. The highest BCUT2D eigenvalue weighted by Crippen LogP contribution is 2.34. The third-order valence-electron chi connectivity index (χ3n) is 3.97. The van der Waals surface area contributed by atoms with E-state index in [9.17, 15) is 0 Å². The van der Waals surface area contributed by atoms with E-state index in [1.54, 1.807) is 11.3 Å². The molecule has 0 bridgehead atoms. The summed E-state index contributed by atoms with van der Waals surface area (Å²) < 4.78 is 0. The number of rotatable bonds is 7. The Bertz CT molecular complexity index is 531. The molecule has 1 aromatic heterocycles. The molecular formula is C17H22N2S. The second-order valence-electron chi connectivity index (χ2n) is 5.66. The summed E-state index contributed by atoms with van der Waals surface area (Å²) in [7, 11) is 0. The van der Waals surface area contributed by atoms with Gasteiger partial charge in [-0.25, -0.2) is 4.98 Å². The molecule has 1 unspecified atom stereocenters. The molecule has 3 rings (SSSR count). The van der Waals surface area contributed by atoms with Crippen LogP contribution in [-0.2, 0) is 6.54 Å². The van der Waals surface area contributed by atoms with Gasteiger partial charge >= 0.3 is 0 Å². The molecule has 106 valence electrons. The highest BCUT2D eigenvalue weighted by molar-refractivity contribution is 7.09. The molecule has 1 saturated carbocycles. The highest BCUT2D eigenvalue weighted by atomic mass is 32.1. The largest absolute Gasteiger partial charge is 0.308 e. The van der Waals surface area contributed by atoms with Gasteiger partial charge in [-0.3, -0.25) is 0 Å². The molecule has 1 atom stereocenters. The van der Waals surface area contributed by atoms with Crippen molar-refractivity contribution >= 4 is 11.3 Å². The zero-order valence-corrected chi connectivity index (χ0v) is 12.8. The van der Waals surface area contributed by atoms with Crippen LogP contribution in [0.4, 0.5) is 0 Å². The lowest BCUT2D eigenvalue weighted by Gasteiger charge is -2.15. The van der Waals surface area contributed by atoms with Gasteiger partial charge in [0.25, 0.3) is 0 Å². The smallest absolute Gasteiger partial charge is 0.107 e. The van der Waals surface area contributed by atoms with Crippen molar-refractivity contribution in [2.24, 2.45) is 5.92 Å². The zero-order valence-electron chi connectivity index (χ0n) is 12.0. The summed E-state index contributed by atoms with van der Waals surface area (Å²) in [6, 6.07) is 11.1. The predicted octanol–water partition coefficient (Wildman–Crippen LogP) is 4.48. The van der Waals surface area contributed by atoms with E-state index in [-0.39, 0.29) is 0 Å². The van der Waals surface area contributed by atoms with Gasteiger partial charge in [0, 0.05) is 23.5 Å². The number of hydrogen-bond acceptors (Lipinski definition) is 3. The molecule has 0 amide bonds. The Morgan fingerprint density at radius 3 is 2.80 bits per heavy atom. The highest BCUT2D eigenvalue weighted by Gasteiger charge is 2.24. The van der Waals surface area contributed by atoms with Crippen molar-refractivity contribution in [3.63, 3.8) is 0 Å². The minimum Gasteiger partial charge on any atom is -0.308 e. The van der Waals surface area contributed by atoms with Gasteiger partial charge in [-0.05, 0) is 18.8 Å². The lowest BCUT2D eigenvalue weighted by atomic mass is 10.1. The van der Waals surface area contributed by atoms with Crippen molar-refractivity contribution in [2.45, 2.75) is 45.2 Å². The maximum absolute atomic E-state index is 4.74. The average molecular weight is 286 g/mol. The first-order valence-corrected chi connectivity index (χ1v) is 8.46. The standard InChI is InChI=1S/C17H22N2S/c1-2-15(10-13-8-9-13)18-11-17-19-16(12-20-17)14-6-4-3-5-7-14/h3-7,12-13,15,18H,2,8-11H2,1H3. The summed E-state index contributed by atoms with van der Waals surface area (Å²) >= 11 is 1.76. The van der Waals surface area contributed by atoms with Crippen molar-refractivity contribution in [3.8, 4) is 11.3 Å². The van der Waals surface area contributed by atoms with E-state index in [2.05, 4.69) is 41.9 Å². The van der Waals surface area contributed by atoms with E-state index < -0.39 is 0 Å². The normalized spacial score (nSPS) is 16.2. The van der Waals surface area contributed by atoms with Crippen LogP contribution in [0.3, 0.4) is 0 Å². The third kappa shape index (κ3) is 3.68. The van der Waals surface area contributed by atoms with Gasteiger partial charge < -0.3 is 5.32 Å². The van der Waals surface area contributed by atoms with Gasteiger partial charge in [0.15, 0.2) is 0 Å². The van der Waals surface area contributed by atoms with Crippen LogP contribution in [0.2, 0.25) is 0 Å². The number of thiazole rings is 1. The molecule has 3 heteroatoms. The maximum Gasteiger partial charge on any atom is 0.107 e. The summed E-state index contributed by atoms with van der Waals surface area (Å²) in [5.74, 6) is 0.989. The van der Waals surface area contributed by atoms with Crippen molar-refractivity contribution in [1.29, 1.82) is 0 Å². The molecule has 0 radical (unpaired) electrons. The Balaban J connectivity index is 1.56. The molecule has 0 spiro atoms. The molecule has 0 aliphatic heterocycles. The van der Waals surface area contributed by atoms with Crippen LogP contribution in [-0.4, -0.2) is 11.0 Å². The minimum absolute atomic E-state index is 0.659. The number of hydrogen-bond donors (Lipinski definition) is 1. The second-order valence-corrected chi connectivity index (χ2v) is 6.60. The first kappa shape index (κ1) is 13.8. The molecule has 2 nitrogen and oxygen atoms in total. The number of aromatic nitrogens is 1. The molecule has 2 aromatic rings. The fourth-order valence-electron chi connectivity index (χ4n) is 2.52. The van der Waals surface area contributed by atoms with Gasteiger partial charge in [-0.2, -0.15) is 0 Å². The Morgan fingerprint density at radius 1 is 1.30 bits per heavy atom. The molecule has 1 heterocycles. The van der Waals surface area contributed by atoms with Gasteiger partial charge in [-0.15, -0.1) is 11.3 Å². The number of nitrogens with zero attached hydrogens (tertiary/aromatic N) is 1. The first-order chi connectivity index (χ1) is 9.85. The van der Waals surface area contributed by atoms with E-state index in [0.717, 1.165) is 18.2 Å². The summed E-state index contributed by atoms with van der Waals surface area (Å²) in [4.78, 5) is 4.74. The van der Waals surface area contributed by atoms with Crippen LogP contribution >= 0.6 is 11.3 Å². The topological polar surface area (TPSA) is 24.9 Å². The van der Waals surface area contributed by atoms with Crippen LogP contribution in [0, 0.1) is 5.92 Å². The van der Waals surface area contributed by atoms with Gasteiger partial charge in [-0.1, -0.05) is 50.1 Å². The monoisotopic (exact) mass is 286 g/mol. The van der Waals surface area contributed by atoms with Crippen molar-refractivity contribution < 1.29 is 0 Å². The van der Waals surface area contributed by atoms with E-state index in [1.165, 1.54) is 36.3 Å². The molecular weight excluding hydrogens is 264 g/mol. The molecule has 0 saturated heterocycles. The average Bonchev–Trinajstić information content (AvgIpc) is 3.19. The Morgan fingerprint density at radius 2 is 2.10 bits per heavy atom. The molecule has 1 N–H and O–H groups in total. The second kappa shape index (κ2) is 6.51. The Kier molecular flexibility index (Phi) is 4.48. The van der Waals surface area contributed by atoms with Gasteiger partial charge in [0.2, 0.25) is 0 Å². The molecule has 1 aliphatic rings. The Hall–Kier alpha value is -1.19. The molecule has 20 heavy (non-hydrogen) atoms. The predicted molar refractivity (Wildman–Crippen MR) is 85.8 cm³/mol. The summed E-state index contributed by atoms with van der Waals surface area (Å²) in [5.41, 5.74) is 2.31. The van der Waals surface area contributed by atoms with E-state index in [1.807, 2.05) is 6.07 Å². The maximum atomic E-state index is 4.74. The van der Waals surface area contributed by atoms with Crippen LogP contribution in [0.15, 0.2) is 35.7 Å². The fourth-order valence-corrected chi connectivity index (χ4v) is 3.27. The molecule has 1 fully saturated rings. The summed E-state index contributed by atoms with van der Waals surface area (Å²) in [6.07, 6.45) is 5.43. The fraction of sp³-hybridized carbons (Fsp3) is 0.471. The SMILES string of the molecule is CCC(CC1CC1)NCc1nc(-c2ccccc2)cs1. The van der Waals surface area contributed by atoms with Crippen molar-refractivity contribution in [1.82, 2.24) is 10.3 Å². The summed E-state index contributed by atoms with van der Waals surface area (Å²) in [6.45, 7) is 3.18. The van der Waals surface area contributed by atoms with E-state index in [4.69, 9.17) is 4.98 Å². The minimum atomic E-state index is 0.659. The lowest BCUT2D eigenvalue weighted by Crippen LogP contribution is -2.28. The van der Waals surface area contributed by atoms with E-state index >= 15 is 0 Å². The quantitative estimate of drug-likeness (QED) is 0.812. The zero-order chi connectivity index (χ0) is 13.8. The first-order valence-electron chi connectivity index (χ1n) is 7.58. The van der Waals surface area contributed by atoms with Gasteiger partial charge in [0.05, 0.1) is 5.69 Å². The Labute approximate surface area is 125 Å². The van der Waals surface area contributed by atoms with Crippen LogP contribution < -0.4 is 5.32 Å². The summed E-state index contributed by atoms with van der Waals surface area (Å²) in [5, 5.41) is 7.02.